The number of rotatable bonds is 7. The van der Waals surface area contributed by atoms with Gasteiger partial charge in [0.05, 0.1) is 37.4 Å². The molecule has 0 radical (unpaired) electrons. The normalized spacial score (nSPS) is 18.6. The molecule has 1 aliphatic heterocycles. The highest BCUT2D eigenvalue weighted by atomic mass is 32.1. The molecule has 9 nitrogen and oxygen atoms in total. The Kier molecular flexibility index (Phi) is 5.75. The van der Waals surface area contributed by atoms with Gasteiger partial charge in [0, 0.05) is 25.5 Å². The van der Waals surface area contributed by atoms with Crippen molar-refractivity contribution in [3.8, 4) is 0 Å². The summed E-state index contributed by atoms with van der Waals surface area (Å²) < 4.78 is 34.0. The largest absolute Gasteiger partial charge is 0.383 e. The molecule has 0 aliphatic carbocycles. The second-order valence-corrected chi connectivity index (χ2v) is 6.81. The van der Waals surface area contributed by atoms with Crippen molar-refractivity contribution >= 4 is 23.2 Å². The summed E-state index contributed by atoms with van der Waals surface area (Å²) in [4.78, 5) is 29.4. The Morgan fingerprint density at radius 1 is 1.44 bits per heavy atom. The van der Waals surface area contributed by atoms with Crippen molar-refractivity contribution in [1.29, 1.82) is 0 Å². The number of thiazole rings is 1. The van der Waals surface area contributed by atoms with Crippen LogP contribution in [0.1, 0.15) is 27.4 Å². The molecule has 0 saturated carbocycles. The van der Waals surface area contributed by atoms with Crippen LogP contribution < -0.4 is 5.32 Å². The van der Waals surface area contributed by atoms with E-state index >= 15 is 0 Å². The van der Waals surface area contributed by atoms with E-state index in [2.05, 4.69) is 20.6 Å². The first-order chi connectivity index (χ1) is 12.9. The van der Waals surface area contributed by atoms with Gasteiger partial charge in [-0.3, -0.25) is 9.59 Å². The Hall–Kier alpha value is -2.47. The van der Waals surface area contributed by atoms with Gasteiger partial charge >= 0.3 is 0 Å². The molecule has 1 unspecified atom stereocenters. The van der Waals surface area contributed by atoms with Crippen molar-refractivity contribution in [2.75, 3.05) is 26.8 Å². The number of hydrogen-bond acceptors (Lipinski definition) is 7. The predicted octanol–water partition coefficient (Wildman–Crippen LogP) is 0.661. The molecule has 27 heavy (non-hydrogen) atoms. The summed E-state index contributed by atoms with van der Waals surface area (Å²) in [6.07, 6.45) is 0.877. The van der Waals surface area contributed by atoms with E-state index in [1.165, 1.54) is 40.2 Å². The van der Waals surface area contributed by atoms with Gasteiger partial charge in [-0.15, -0.1) is 16.4 Å². The number of halogens is 2. The number of nitrogens with one attached hydrogen (secondary N) is 1. The van der Waals surface area contributed by atoms with E-state index in [1.807, 2.05) is 0 Å². The standard InChI is InChI=1S/C15H18F2N6O3S/c1-26-3-2-18-13(24)11-6-22(21-20-11)5-10-4-15(16,17)8-23(10)14(25)12-7-27-9-19-12/h6-7,9-10H,2-5,8H2,1H3,(H,18,24). The summed E-state index contributed by atoms with van der Waals surface area (Å²) in [5.74, 6) is -3.97. The molecule has 1 fully saturated rings. The Balaban J connectivity index is 1.68. The molecule has 2 aromatic heterocycles. The van der Waals surface area contributed by atoms with Gasteiger partial charge in [-0.1, -0.05) is 5.21 Å². The summed E-state index contributed by atoms with van der Waals surface area (Å²) in [6.45, 7) is -0.00537. The number of aromatic nitrogens is 4. The molecule has 146 valence electrons. The summed E-state index contributed by atoms with van der Waals surface area (Å²) in [5.41, 5.74) is 1.68. The quantitative estimate of drug-likeness (QED) is 0.685. The molecule has 12 heteroatoms. The highest BCUT2D eigenvalue weighted by Crippen LogP contribution is 2.33. The number of nitrogens with zero attached hydrogens (tertiary/aromatic N) is 5. The van der Waals surface area contributed by atoms with Gasteiger partial charge in [-0.25, -0.2) is 18.4 Å². The number of amides is 2. The Labute approximate surface area is 157 Å². The first kappa shape index (κ1) is 19.3. The third-order valence-electron chi connectivity index (χ3n) is 4.05. The molecule has 0 aromatic carbocycles. The van der Waals surface area contributed by atoms with Crippen molar-refractivity contribution in [2.24, 2.45) is 0 Å². The minimum atomic E-state index is -2.99. The number of carbonyl (C=O) groups is 2. The van der Waals surface area contributed by atoms with Crippen LogP contribution in [0.15, 0.2) is 17.1 Å². The lowest BCUT2D eigenvalue weighted by molar-refractivity contribution is 0.0117. The maximum atomic E-state index is 13.9. The van der Waals surface area contributed by atoms with Crippen molar-refractivity contribution in [3.63, 3.8) is 0 Å². The maximum Gasteiger partial charge on any atom is 0.273 e. The second kappa shape index (κ2) is 8.05. The van der Waals surface area contributed by atoms with Crippen LogP contribution >= 0.6 is 11.3 Å². The minimum Gasteiger partial charge on any atom is -0.383 e. The van der Waals surface area contributed by atoms with Crippen molar-refractivity contribution in [2.45, 2.75) is 24.9 Å². The number of carbonyl (C=O) groups excluding carboxylic acids is 2. The zero-order valence-corrected chi connectivity index (χ0v) is 15.3. The van der Waals surface area contributed by atoms with Gasteiger partial charge in [0.1, 0.15) is 5.69 Å². The fourth-order valence-electron chi connectivity index (χ4n) is 2.83. The van der Waals surface area contributed by atoms with Crippen LogP contribution in [-0.4, -0.2) is 75.5 Å². The fourth-order valence-corrected chi connectivity index (χ4v) is 3.35. The van der Waals surface area contributed by atoms with Gasteiger partial charge in [-0.2, -0.15) is 0 Å². The topological polar surface area (TPSA) is 102 Å². The van der Waals surface area contributed by atoms with E-state index in [1.54, 1.807) is 0 Å². The molecule has 2 aromatic rings. The van der Waals surface area contributed by atoms with E-state index in [4.69, 9.17) is 4.74 Å². The van der Waals surface area contributed by atoms with Crippen LogP contribution in [0.4, 0.5) is 8.78 Å². The van der Waals surface area contributed by atoms with Crippen LogP contribution in [-0.2, 0) is 11.3 Å². The highest BCUT2D eigenvalue weighted by Gasteiger charge is 2.47. The van der Waals surface area contributed by atoms with E-state index in [9.17, 15) is 18.4 Å². The van der Waals surface area contributed by atoms with Crippen LogP contribution in [0.5, 0.6) is 0 Å². The smallest absolute Gasteiger partial charge is 0.273 e. The first-order valence-corrected chi connectivity index (χ1v) is 9.08. The van der Waals surface area contributed by atoms with E-state index in [0.717, 1.165) is 4.90 Å². The summed E-state index contributed by atoms with van der Waals surface area (Å²) in [5, 5.41) is 11.7. The number of ether oxygens (including phenoxy) is 1. The number of hydrogen-bond donors (Lipinski definition) is 1. The minimum absolute atomic E-state index is 0.00379. The Morgan fingerprint density at radius 3 is 2.96 bits per heavy atom. The zero-order valence-electron chi connectivity index (χ0n) is 14.5. The average Bonchev–Trinajstić information content (AvgIpc) is 3.35. The lowest BCUT2D eigenvalue weighted by atomic mass is 10.2. The number of alkyl halides is 2. The molecule has 1 saturated heterocycles. The molecular formula is C15H18F2N6O3S. The highest BCUT2D eigenvalue weighted by molar-refractivity contribution is 7.07. The van der Waals surface area contributed by atoms with Crippen LogP contribution in [0, 0.1) is 0 Å². The average molecular weight is 400 g/mol. The second-order valence-electron chi connectivity index (χ2n) is 6.10. The third-order valence-corrected chi connectivity index (χ3v) is 4.64. The third kappa shape index (κ3) is 4.63. The maximum absolute atomic E-state index is 13.9. The fraction of sp³-hybridized carbons (Fsp3) is 0.533. The number of methoxy groups -OCH3 is 1. The lowest BCUT2D eigenvalue weighted by Crippen LogP contribution is -2.39. The summed E-state index contributed by atoms with van der Waals surface area (Å²) in [7, 11) is 1.51. The van der Waals surface area contributed by atoms with Gasteiger partial charge in [0.25, 0.3) is 17.7 Å². The van der Waals surface area contributed by atoms with Crippen LogP contribution in [0.25, 0.3) is 0 Å². The van der Waals surface area contributed by atoms with Crippen LogP contribution in [0.3, 0.4) is 0 Å². The first-order valence-electron chi connectivity index (χ1n) is 8.14. The van der Waals surface area contributed by atoms with Gasteiger partial charge in [0.2, 0.25) is 0 Å². The predicted molar refractivity (Wildman–Crippen MR) is 90.7 cm³/mol. The lowest BCUT2D eigenvalue weighted by Gasteiger charge is -2.22. The van der Waals surface area contributed by atoms with Crippen molar-refractivity contribution < 1.29 is 23.1 Å². The Bertz CT molecular complexity index is 797. The zero-order chi connectivity index (χ0) is 19.4. The van der Waals surface area contributed by atoms with Crippen molar-refractivity contribution in [3.05, 3.63) is 28.5 Å². The number of likely N-dealkylation sites (tertiary alicyclic amines) is 1. The summed E-state index contributed by atoms with van der Waals surface area (Å²) in [6, 6.07) is -0.777. The summed E-state index contributed by atoms with van der Waals surface area (Å²) >= 11 is 1.22. The molecule has 2 amide bonds. The monoisotopic (exact) mass is 400 g/mol. The van der Waals surface area contributed by atoms with Crippen LogP contribution in [0.2, 0.25) is 0 Å². The molecular weight excluding hydrogens is 382 g/mol. The molecule has 0 bridgehead atoms. The van der Waals surface area contributed by atoms with Crippen molar-refractivity contribution in [1.82, 2.24) is 30.2 Å². The van der Waals surface area contributed by atoms with E-state index in [-0.39, 0.29) is 17.9 Å². The van der Waals surface area contributed by atoms with Gasteiger partial charge in [-0.05, 0) is 0 Å². The SMILES string of the molecule is COCCNC(=O)c1cn(CC2CC(F)(F)CN2C(=O)c2cscn2)nn1. The van der Waals surface area contributed by atoms with E-state index in [0.29, 0.717) is 13.2 Å². The molecule has 1 N–H and O–H groups in total. The molecule has 0 spiro atoms. The molecule has 1 aliphatic rings. The van der Waals surface area contributed by atoms with Gasteiger partial charge < -0.3 is 15.0 Å². The molecule has 3 heterocycles. The molecule has 3 rings (SSSR count). The molecule has 1 atom stereocenters. The van der Waals surface area contributed by atoms with E-state index < -0.39 is 36.7 Å². The Morgan fingerprint density at radius 2 is 2.26 bits per heavy atom. The van der Waals surface area contributed by atoms with Gasteiger partial charge in [0.15, 0.2) is 5.69 Å².